The Morgan fingerprint density at radius 1 is 1.53 bits per heavy atom. The normalized spacial score (nSPS) is 24.3. The van der Waals surface area contributed by atoms with E-state index < -0.39 is 11.7 Å². The second kappa shape index (κ2) is 6.39. The fourth-order valence-corrected chi connectivity index (χ4v) is 2.10. The van der Waals surface area contributed by atoms with Crippen molar-refractivity contribution in [3.05, 3.63) is 0 Å². The number of ether oxygens (including phenoxy) is 1. The molecule has 1 rings (SSSR count). The number of β-amino-alcohol motifs (C(OH)–C–C–N with tert-alkyl or cyclic N) is 1. The summed E-state index contributed by atoms with van der Waals surface area (Å²) in [4.78, 5) is 2.33. The maximum atomic E-state index is 9.94. The Labute approximate surface area is 105 Å². The van der Waals surface area contributed by atoms with E-state index in [0.717, 1.165) is 6.54 Å². The van der Waals surface area contributed by atoms with Crippen molar-refractivity contribution in [2.75, 3.05) is 19.7 Å². The number of hydrogen-bond acceptors (Lipinski definition) is 3. The van der Waals surface area contributed by atoms with Gasteiger partial charge in [-0.05, 0) is 40.2 Å². The number of aliphatic hydroxyl groups is 1. The molecule has 17 heavy (non-hydrogen) atoms. The second-order valence-corrected chi connectivity index (χ2v) is 5.46. The lowest BCUT2D eigenvalue weighted by molar-refractivity contribution is -0.0427. The number of nitrogens with zero attached hydrogens (tertiary/aromatic N) is 1. The SMILES string of the molecule is C#CC(C)(C)OC[C@@H](O)CN1CCCC[C@H]1C. The number of piperidine rings is 1. The minimum atomic E-state index is -0.589. The molecule has 1 aliphatic rings. The van der Waals surface area contributed by atoms with Crippen LogP contribution in [0.4, 0.5) is 0 Å². The lowest BCUT2D eigenvalue weighted by Gasteiger charge is -2.35. The van der Waals surface area contributed by atoms with E-state index in [0.29, 0.717) is 19.2 Å². The summed E-state index contributed by atoms with van der Waals surface area (Å²) in [5, 5.41) is 9.94. The van der Waals surface area contributed by atoms with Crippen molar-refractivity contribution >= 4 is 0 Å². The van der Waals surface area contributed by atoms with Crippen molar-refractivity contribution in [2.45, 2.75) is 57.8 Å². The molecule has 1 N–H and O–H groups in total. The van der Waals surface area contributed by atoms with Gasteiger partial charge in [-0.25, -0.2) is 0 Å². The van der Waals surface area contributed by atoms with Gasteiger partial charge < -0.3 is 9.84 Å². The van der Waals surface area contributed by atoms with Gasteiger partial charge in [0.25, 0.3) is 0 Å². The fourth-order valence-electron chi connectivity index (χ4n) is 2.10. The molecule has 1 saturated heterocycles. The van der Waals surface area contributed by atoms with Gasteiger partial charge in [0, 0.05) is 12.6 Å². The standard InChI is InChI=1S/C14H25NO2/c1-5-14(3,4)17-11-13(16)10-15-9-7-6-8-12(15)2/h1,12-13,16H,6-11H2,2-4H3/t12-,13+/m1/s1. The van der Waals surface area contributed by atoms with Gasteiger partial charge in [0.1, 0.15) is 5.60 Å². The molecule has 0 aromatic carbocycles. The fraction of sp³-hybridized carbons (Fsp3) is 0.857. The average Bonchev–Trinajstić information content (AvgIpc) is 2.30. The van der Waals surface area contributed by atoms with Gasteiger partial charge in [0.2, 0.25) is 0 Å². The third-order valence-electron chi connectivity index (χ3n) is 3.37. The van der Waals surface area contributed by atoms with Gasteiger partial charge in [0.05, 0.1) is 12.7 Å². The summed E-state index contributed by atoms with van der Waals surface area (Å²) in [6.45, 7) is 7.96. The van der Waals surface area contributed by atoms with E-state index in [-0.39, 0.29) is 0 Å². The van der Waals surface area contributed by atoms with Crippen molar-refractivity contribution in [1.29, 1.82) is 0 Å². The van der Waals surface area contributed by atoms with Crippen LogP contribution in [0.25, 0.3) is 0 Å². The average molecular weight is 239 g/mol. The van der Waals surface area contributed by atoms with Crippen LogP contribution in [0.15, 0.2) is 0 Å². The van der Waals surface area contributed by atoms with Crippen LogP contribution >= 0.6 is 0 Å². The van der Waals surface area contributed by atoms with Crippen LogP contribution in [-0.2, 0) is 4.74 Å². The summed E-state index contributed by atoms with van der Waals surface area (Å²) in [6, 6.07) is 0.569. The number of aliphatic hydroxyl groups excluding tert-OH is 1. The first kappa shape index (κ1) is 14.5. The van der Waals surface area contributed by atoms with E-state index >= 15 is 0 Å². The lowest BCUT2D eigenvalue weighted by Crippen LogP contribution is -2.44. The Kier molecular flexibility index (Phi) is 5.45. The molecule has 0 saturated carbocycles. The van der Waals surface area contributed by atoms with Crippen LogP contribution in [0, 0.1) is 12.3 Å². The Bertz CT molecular complexity index is 270. The van der Waals surface area contributed by atoms with Crippen LogP contribution in [0.3, 0.4) is 0 Å². The maximum absolute atomic E-state index is 9.94. The smallest absolute Gasteiger partial charge is 0.122 e. The summed E-state index contributed by atoms with van der Waals surface area (Å²) in [6.07, 6.45) is 8.63. The highest BCUT2D eigenvalue weighted by Crippen LogP contribution is 2.17. The minimum Gasteiger partial charge on any atom is -0.389 e. The molecule has 1 heterocycles. The monoisotopic (exact) mass is 239 g/mol. The Hall–Kier alpha value is -0.560. The summed E-state index contributed by atoms with van der Waals surface area (Å²) in [5.74, 6) is 2.56. The van der Waals surface area contributed by atoms with E-state index in [1.54, 1.807) is 0 Å². The zero-order valence-corrected chi connectivity index (χ0v) is 11.3. The highest BCUT2D eigenvalue weighted by Gasteiger charge is 2.22. The molecule has 0 bridgehead atoms. The molecular weight excluding hydrogens is 214 g/mol. The summed E-state index contributed by atoms with van der Waals surface area (Å²) in [7, 11) is 0. The number of hydrogen-bond donors (Lipinski definition) is 1. The first-order valence-electron chi connectivity index (χ1n) is 6.48. The quantitative estimate of drug-likeness (QED) is 0.741. The predicted octanol–water partition coefficient (Wildman–Crippen LogP) is 1.65. The molecule has 0 aromatic heterocycles. The van der Waals surface area contributed by atoms with Crippen molar-refractivity contribution in [1.82, 2.24) is 4.90 Å². The zero-order chi connectivity index (χ0) is 12.9. The van der Waals surface area contributed by atoms with E-state index in [9.17, 15) is 5.11 Å². The van der Waals surface area contributed by atoms with Crippen molar-refractivity contribution in [3.8, 4) is 12.3 Å². The number of likely N-dealkylation sites (tertiary alicyclic amines) is 1. The second-order valence-electron chi connectivity index (χ2n) is 5.46. The predicted molar refractivity (Wildman–Crippen MR) is 69.8 cm³/mol. The molecule has 1 fully saturated rings. The molecule has 0 unspecified atom stereocenters. The van der Waals surface area contributed by atoms with E-state index in [1.165, 1.54) is 19.3 Å². The molecule has 3 heteroatoms. The van der Waals surface area contributed by atoms with Crippen LogP contribution in [0.2, 0.25) is 0 Å². The lowest BCUT2D eigenvalue weighted by atomic mass is 10.0. The first-order chi connectivity index (χ1) is 7.94. The Morgan fingerprint density at radius 2 is 2.24 bits per heavy atom. The molecule has 2 atom stereocenters. The van der Waals surface area contributed by atoms with Crippen LogP contribution < -0.4 is 0 Å². The molecule has 0 amide bonds. The number of terminal acetylenes is 1. The third kappa shape index (κ3) is 5.08. The number of rotatable bonds is 5. The highest BCUT2D eigenvalue weighted by molar-refractivity contribution is 5.02. The zero-order valence-electron chi connectivity index (χ0n) is 11.3. The molecule has 0 aliphatic carbocycles. The Balaban J connectivity index is 2.29. The van der Waals surface area contributed by atoms with Crippen LogP contribution in [-0.4, -0.2) is 47.4 Å². The maximum Gasteiger partial charge on any atom is 0.122 e. The molecule has 1 aliphatic heterocycles. The minimum absolute atomic E-state index is 0.306. The van der Waals surface area contributed by atoms with Crippen molar-refractivity contribution in [3.63, 3.8) is 0 Å². The molecule has 0 radical (unpaired) electrons. The van der Waals surface area contributed by atoms with Gasteiger partial charge in [-0.2, -0.15) is 0 Å². The third-order valence-corrected chi connectivity index (χ3v) is 3.37. The largest absolute Gasteiger partial charge is 0.389 e. The van der Waals surface area contributed by atoms with Gasteiger partial charge in [0.15, 0.2) is 0 Å². The topological polar surface area (TPSA) is 32.7 Å². The van der Waals surface area contributed by atoms with Gasteiger partial charge in [-0.15, -0.1) is 6.42 Å². The molecule has 3 nitrogen and oxygen atoms in total. The molecular formula is C14H25NO2. The summed E-state index contributed by atoms with van der Waals surface area (Å²) >= 11 is 0. The van der Waals surface area contributed by atoms with E-state index in [4.69, 9.17) is 11.2 Å². The van der Waals surface area contributed by atoms with E-state index in [2.05, 4.69) is 17.7 Å². The van der Waals surface area contributed by atoms with Gasteiger partial charge in [-0.1, -0.05) is 12.3 Å². The Morgan fingerprint density at radius 3 is 2.82 bits per heavy atom. The summed E-state index contributed by atoms with van der Waals surface area (Å²) in [5.41, 5.74) is -0.589. The van der Waals surface area contributed by atoms with E-state index in [1.807, 2.05) is 13.8 Å². The van der Waals surface area contributed by atoms with Crippen molar-refractivity contribution < 1.29 is 9.84 Å². The summed E-state index contributed by atoms with van der Waals surface area (Å²) < 4.78 is 5.50. The van der Waals surface area contributed by atoms with Crippen LogP contribution in [0.1, 0.15) is 40.0 Å². The molecule has 0 aromatic rings. The van der Waals surface area contributed by atoms with Gasteiger partial charge >= 0.3 is 0 Å². The van der Waals surface area contributed by atoms with Crippen LogP contribution in [0.5, 0.6) is 0 Å². The molecule has 98 valence electrons. The van der Waals surface area contributed by atoms with Crippen molar-refractivity contribution in [2.24, 2.45) is 0 Å². The molecule has 0 spiro atoms. The highest BCUT2D eigenvalue weighted by atomic mass is 16.5. The van der Waals surface area contributed by atoms with Gasteiger partial charge in [-0.3, -0.25) is 4.90 Å². The first-order valence-corrected chi connectivity index (χ1v) is 6.48.